The van der Waals surface area contributed by atoms with Gasteiger partial charge < -0.3 is 4.79 Å². The fourth-order valence-electron chi connectivity index (χ4n) is 2.01. The predicted octanol–water partition coefficient (Wildman–Crippen LogP) is 4.06. The summed E-state index contributed by atoms with van der Waals surface area (Å²) in [5, 5.41) is 0. The molecular weight excluding hydrogens is 172 g/mol. The summed E-state index contributed by atoms with van der Waals surface area (Å²) in [6, 6.07) is 0. The number of carbonyl (C=O) groups is 1. The summed E-state index contributed by atoms with van der Waals surface area (Å²) in [4.78, 5) is 10.6. The summed E-state index contributed by atoms with van der Waals surface area (Å²) in [6.07, 6.45) is 5.61. The minimum atomic E-state index is 0.289. The molecule has 0 aromatic rings. The Morgan fingerprint density at radius 1 is 1.21 bits per heavy atom. The number of rotatable bonds is 6. The van der Waals surface area contributed by atoms with Gasteiger partial charge in [0.05, 0.1) is 0 Å². The molecule has 2 atom stereocenters. The van der Waals surface area contributed by atoms with E-state index in [1.165, 1.54) is 12.8 Å². The maximum atomic E-state index is 10.6. The Labute approximate surface area is 89.3 Å². The third kappa shape index (κ3) is 7.11. The second-order valence-electron chi connectivity index (χ2n) is 5.75. The Balaban J connectivity index is 3.73. The van der Waals surface area contributed by atoms with Gasteiger partial charge in [-0.15, -0.1) is 0 Å². The fraction of sp³-hybridized carbons (Fsp3) is 0.923. The van der Waals surface area contributed by atoms with Crippen molar-refractivity contribution in [2.45, 2.75) is 60.3 Å². The number of hydrogen-bond acceptors (Lipinski definition) is 1. The predicted molar refractivity (Wildman–Crippen MR) is 62.3 cm³/mol. The first-order valence-corrected chi connectivity index (χ1v) is 5.84. The second kappa shape index (κ2) is 6.21. The van der Waals surface area contributed by atoms with Gasteiger partial charge in [-0.05, 0) is 30.6 Å². The van der Waals surface area contributed by atoms with Crippen molar-refractivity contribution in [3.63, 3.8) is 0 Å². The molecule has 0 spiro atoms. The maximum Gasteiger partial charge on any atom is 0.123 e. The van der Waals surface area contributed by atoms with Crippen molar-refractivity contribution in [3.05, 3.63) is 0 Å². The normalized spacial score (nSPS) is 16.4. The first kappa shape index (κ1) is 13.7. The average molecular weight is 198 g/mol. The zero-order valence-electron chi connectivity index (χ0n) is 10.5. The number of carbonyl (C=O) groups excluding carboxylic acids is 1. The molecule has 0 aliphatic heterocycles. The summed E-state index contributed by atoms with van der Waals surface area (Å²) in [7, 11) is 0. The lowest BCUT2D eigenvalue weighted by Crippen LogP contribution is -2.12. The molecule has 1 nitrogen and oxygen atoms in total. The van der Waals surface area contributed by atoms with Crippen molar-refractivity contribution in [3.8, 4) is 0 Å². The van der Waals surface area contributed by atoms with Crippen LogP contribution in [0.15, 0.2) is 0 Å². The van der Waals surface area contributed by atoms with Crippen LogP contribution in [0.1, 0.15) is 60.3 Å². The van der Waals surface area contributed by atoms with Crippen LogP contribution in [-0.4, -0.2) is 6.29 Å². The van der Waals surface area contributed by atoms with Crippen LogP contribution < -0.4 is 0 Å². The first-order valence-electron chi connectivity index (χ1n) is 5.84. The summed E-state index contributed by atoms with van der Waals surface area (Å²) in [5.41, 5.74) is 0.419. The van der Waals surface area contributed by atoms with Crippen LogP contribution in [0.5, 0.6) is 0 Å². The zero-order valence-corrected chi connectivity index (χ0v) is 10.5. The van der Waals surface area contributed by atoms with Gasteiger partial charge >= 0.3 is 0 Å². The molecule has 0 aliphatic rings. The van der Waals surface area contributed by atoms with Gasteiger partial charge in [-0.1, -0.05) is 41.0 Å². The SMILES string of the molecule is CC[C@@H](C=O)CC[C@@H](C)CC(C)(C)C. The molecule has 0 saturated carbocycles. The summed E-state index contributed by atoms with van der Waals surface area (Å²) in [6.45, 7) is 11.2. The highest BCUT2D eigenvalue weighted by atomic mass is 16.1. The van der Waals surface area contributed by atoms with Gasteiger partial charge in [0, 0.05) is 5.92 Å². The highest BCUT2D eigenvalue weighted by Crippen LogP contribution is 2.27. The third-order valence-corrected chi connectivity index (χ3v) is 2.71. The lowest BCUT2D eigenvalue weighted by Gasteiger charge is -2.23. The van der Waals surface area contributed by atoms with Gasteiger partial charge in [0.15, 0.2) is 0 Å². The monoisotopic (exact) mass is 198 g/mol. The smallest absolute Gasteiger partial charge is 0.123 e. The lowest BCUT2D eigenvalue weighted by molar-refractivity contribution is -0.111. The zero-order chi connectivity index (χ0) is 11.2. The van der Waals surface area contributed by atoms with E-state index < -0.39 is 0 Å². The molecule has 0 saturated heterocycles. The largest absolute Gasteiger partial charge is 0.303 e. The van der Waals surface area contributed by atoms with Crippen LogP contribution in [0.3, 0.4) is 0 Å². The van der Waals surface area contributed by atoms with E-state index in [1.54, 1.807) is 0 Å². The van der Waals surface area contributed by atoms with Crippen LogP contribution in [0.25, 0.3) is 0 Å². The Kier molecular flexibility index (Phi) is 6.06. The van der Waals surface area contributed by atoms with Gasteiger partial charge in [-0.3, -0.25) is 0 Å². The summed E-state index contributed by atoms with van der Waals surface area (Å²) in [5.74, 6) is 1.03. The molecule has 0 aromatic heterocycles. The Hall–Kier alpha value is -0.330. The molecule has 0 rings (SSSR count). The van der Waals surface area contributed by atoms with Crippen molar-refractivity contribution in [2.75, 3.05) is 0 Å². The minimum Gasteiger partial charge on any atom is -0.303 e. The van der Waals surface area contributed by atoms with E-state index in [2.05, 4.69) is 34.6 Å². The molecule has 0 bridgehead atoms. The molecule has 84 valence electrons. The average Bonchev–Trinajstić information content (AvgIpc) is 2.03. The van der Waals surface area contributed by atoms with E-state index in [0.29, 0.717) is 5.41 Å². The highest BCUT2D eigenvalue weighted by molar-refractivity contribution is 5.53. The molecule has 1 heteroatoms. The standard InChI is InChI=1S/C13H26O/c1-6-12(10-14)8-7-11(2)9-13(3,4)5/h10-12H,6-9H2,1-5H3/t11-,12-/m1/s1. The number of aldehydes is 1. The topological polar surface area (TPSA) is 17.1 Å². The quantitative estimate of drug-likeness (QED) is 0.588. The molecule has 0 amide bonds. The van der Waals surface area contributed by atoms with Gasteiger partial charge in [-0.25, -0.2) is 0 Å². The van der Waals surface area contributed by atoms with Gasteiger partial charge in [-0.2, -0.15) is 0 Å². The van der Waals surface area contributed by atoms with Crippen molar-refractivity contribution in [2.24, 2.45) is 17.3 Å². The lowest BCUT2D eigenvalue weighted by atomic mass is 9.82. The molecule has 0 unspecified atom stereocenters. The Morgan fingerprint density at radius 2 is 1.79 bits per heavy atom. The van der Waals surface area contributed by atoms with E-state index in [-0.39, 0.29) is 5.92 Å². The highest BCUT2D eigenvalue weighted by Gasteiger charge is 2.16. The number of hydrogen-bond donors (Lipinski definition) is 0. The minimum absolute atomic E-state index is 0.289. The van der Waals surface area contributed by atoms with Gasteiger partial charge in [0.25, 0.3) is 0 Å². The molecule has 0 heterocycles. The van der Waals surface area contributed by atoms with Crippen molar-refractivity contribution in [1.29, 1.82) is 0 Å². The molecule has 0 N–H and O–H groups in total. The summed E-state index contributed by atoms with van der Waals surface area (Å²) < 4.78 is 0. The molecule has 0 aliphatic carbocycles. The van der Waals surface area contributed by atoms with Gasteiger partial charge in [0.1, 0.15) is 6.29 Å². The Bertz CT molecular complexity index is 155. The first-order chi connectivity index (χ1) is 6.39. The van der Waals surface area contributed by atoms with Crippen LogP contribution in [0, 0.1) is 17.3 Å². The van der Waals surface area contributed by atoms with E-state index in [0.717, 1.165) is 25.0 Å². The van der Waals surface area contributed by atoms with Crippen LogP contribution in [0.2, 0.25) is 0 Å². The fourth-order valence-corrected chi connectivity index (χ4v) is 2.01. The van der Waals surface area contributed by atoms with Gasteiger partial charge in [0.2, 0.25) is 0 Å². The molecule has 0 aromatic carbocycles. The molecule has 0 fully saturated rings. The van der Waals surface area contributed by atoms with Crippen LogP contribution >= 0.6 is 0 Å². The van der Waals surface area contributed by atoms with Crippen molar-refractivity contribution in [1.82, 2.24) is 0 Å². The molecular formula is C13H26O. The molecule has 14 heavy (non-hydrogen) atoms. The van der Waals surface area contributed by atoms with Crippen molar-refractivity contribution >= 4 is 6.29 Å². The van der Waals surface area contributed by atoms with Crippen LogP contribution in [0.4, 0.5) is 0 Å². The van der Waals surface area contributed by atoms with Crippen LogP contribution in [-0.2, 0) is 4.79 Å². The molecule has 0 radical (unpaired) electrons. The Morgan fingerprint density at radius 3 is 2.14 bits per heavy atom. The van der Waals surface area contributed by atoms with Crippen molar-refractivity contribution < 1.29 is 4.79 Å². The second-order valence-corrected chi connectivity index (χ2v) is 5.75. The van der Waals surface area contributed by atoms with E-state index >= 15 is 0 Å². The van der Waals surface area contributed by atoms with E-state index in [9.17, 15) is 4.79 Å². The van der Waals surface area contributed by atoms with E-state index in [4.69, 9.17) is 0 Å². The summed E-state index contributed by atoms with van der Waals surface area (Å²) >= 11 is 0. The maximum absolute atomic E-state index is 10.6. The third-order valence-electron chi connectivity index (χ3n) is 2.71. The van der Waals surface area contributed by atoms with E-state index in [1.807, 2.05) is 0 Å².